The number of fused-ring (bicyclic) bond motifs is 1. The second kappa shape index (κ2) is 8.99. The fraction of sp³-hybridized carbons (Fsp3) is 0.185. The van der Waals surface area contributed by atoms with Crippen molar-refractivity contribution in [2.75, 3.05) is 6.61 Å². The molecule has 0 spiro atoms. The first-order chi connectivity index (χ1) is 15.5. The number of nitrogens with zero attached hydrogens (tertiary/aromatic N) is 2. The van der Waals surface area contributed by atoms with Crippen LogP contribution in [0.4, 0.5) is 0 Å². The Bertz CT molecular complexity index is 1370. The summed E-state index contributed by atoms with van der Waals surface area (Å²) in [6.45, 7) is 4.57. The number of phenols is 1. The SMILES string of the molecule is C#CCOc1ccc2c(c1)c(-c1ccc(C(C)C)c(O)c1)nc(=O)n2Cc1ccccc1. The zero-order valence-corrected chi connectivity index (χ0v) is 18.1. The van der Waals surface area contributed by atoms with Gasteiger partial charge in [-0.05, 0) is 41.3 Å². The van der Waals surface area contributed by atoms with Crippen molar-refractivity contribution < 1.29 is 9.84 Å². The summed E-state index contributed by atoms with van der Waals surface area (Å²) in [5.74, 6) is 3.41. The van der Waals surface area contributed by atoms with Crippen molar-refractivity contribution >= 4 is 10.9 Å². The highest BCUT2D eigenvalue weighted by Gasteiger charge is 2.16. The molecule has 0 aliphatic rings. The molecule has 0 fully saturated rings. The van der Waals surface area contributed by atoms with Crippen molar-refractivity contribution in [1.82, 2.24) is 9.55 Å². The molecule has 160 valence electrons. The van der Waals surface area contributed by atoms with Crippen LogP contribution in [-0.4, -0.2) is 21.3 Å². The van der Waals surface area contributed by atoms with Crippen molar-refractivity contribution in [3.63, 3.8) is 0 Å². The van der Waals surface area contributed by atoms with Crippen molar-refractivity contribution in [3.8, 4) is 35.1 Å². The topological polar surface area (TPSA) is 64.3 Å². The number of ether oxygens (including phenoxy) is 1. The number of rotatable bonds is 6. The summed E-state index contributed by atoms with van der Waals surface area (Å²) in [6.07, 6.45) is 5.33. The summed E-state index contributed by atoms with van der Waals surface area (Å²) in [5.41, 5.74) is 3.36. The van der Waals surface area contributed by atoms with E-state index in [2.05, 4.69) is 10.9 Å². The van der Waals surface area contributed by atoms with Crippen molar-refractivity contribution in [3.05, 3.63) is 88.3 Å². The Hall–Kier alpha value is -4.04. The third-order valence-corrected chi connectivity index (χ3v) is 5.38. The predicted octanol–water partition coefficient (Wildman–Crippen LogP) is 4.95. The molecule has 0 saturated heterocycles. The molecule has 0 saturated carbocycles. The van der Waals surface area contributed by atoms with Crippen LogP contribution in [0.3, 0.4) is 0 Å². The Morgan fingerprint density at radius 1 is 1.09 bits per heavy atom. The molecular weight excluding hydrogens is 400 g/mol. The van der Waals surface area contributed by atoms with Gasteiger partial charge in [-0.3, -0.25) is 4.57 Å². The van der Waals surface area contributed by atoms with Crippen LogP contribution in [0.5, 0.6) is 11.5 Å². The molecule has 0 radical (unpaired) electrons. The van der Waals surface area contributed by atoms with Crippen LogP contribution in [0.2, 0.25) is 0 Å². The van der Waals surface area contributed by atoms with E-state index in [0.717, 1.165) is 22.0 Å². The number of aromatic hydroxyl groups is 1. The van der Waals surface area contributed by atoms with Crippen LogP contribution >= 0.6 is 0 Å². The van der Waals surface area contributed by atoms with Gasteiger partial charge in [0.1, 0.15) is 18.1 Å². The third kappa shape index (κ3) is 4.21. The largest absolute Gasteiger partial charge is 0.508 e. The maximum Gasteiger partial charge on any atom is 0.348 e. The van der Waals surface area contributed by atoms with E-state index in [4.69, 9.17) is 11.2 Å². The van der Waals surface area contributed by atoms with Gasteiger partial charge in [-0.2, -0.15) is 4.98 Å². The first-order valence-electron chi connectivity index (χ1n) is 10.5. The van der Waals surface area contributed by atoms with Crippen LogP contribution in [0, 0.1) is 12.3 Å². The normalized spacial score (nSPS) is 10.9. The highest BCUT2D eigenvalue weighted by Crippen LogP contribution is 2.34. The van der Waals surface area contributed by atoms with Gasteiger partial charge < -0.3 is 9.84 Å². The molecule has 4 aromatic rings. The molecule has 1 aromatic heterocycles. The van der Waals surface area contributed by atoms with Gasteiger partial charge in [-0.25, -0.2) is 4.79 Å². The van der Waals surface area contributed by atoms with Gasteiger partial charge in [0.2, 0.25) is 0 Å². The highest BCUT2D eigenvalue weighted by atomic mass is 16.5. The second-order valence-corrected chi connectivity index (χ2v) is 7.91. The molecule has 32 heavy (non-hydrogen) atoms. The van der Waals surface area contributed by atoms with E-state index in [-0.39, 0.29) is 24.0 Å². The molecule has 0 atom stereocenters. The molecule has 1 heterocycles. The highest BCUT2D eigenvalue weighted by molar-refractivity contribution is 5.93. The van der Waals surface area contributed by atoms with E-state index in [9.17, 15) is 9.90 Å². The Kier molecular flexibility index (Phi) is 5.96. The van der Waals surface area contributed by atoms with Gasteiger partial charge >= 0.3 is 5.69 Å². The first kappa shape index (κ1) is 21.2. The van der Waals surface area contributed by atoms with Gasteiger partial charge in [0.05, 0.1) is 17.8 Å². The van der Waals surface area contributed by atoms with Crippen LogP contribution in [-0.2, 0) is 6.54 Å². The lowest BCUT2D eigenvalue weighted by molar-refractivity contribution is 0.371. The molecule has 3 aromatic carbocycles. The van der Waals surface area contributed by atoms with E-state index in [0.29, 0.717) is 23.6 Å². The molecule has 0 aliphatic heterocycles. The molecule has 5 nitrogen and oxygen atoms in total. The van der Waals surface area contributed by atoms with E-state index in [1.54, 1.807) is 16.7 Å². The van der Waals surface area contributed by atoms with Gasteiger partial charge in [0.25, 0.3) is 0 Å². The molecule has 5 heteroatoms. The van der Waals surface area contributed by atoms with E-state index >= 15 is 0 Å². The fourth-order valence-electron chi connectivity index (χ4n) is 3.79. The zero-order chi connectivity index (χ0) is 22.7. The average Bonchev–Trinajstić information content (AvgIpc) is 2.79. The Labute approximate surface area is 186 Å². The number of benzene rings is 3. The number of hydrogen-bond donors (Lipinski definition) is 1. The molecule has 1 N–H and O–H groups in total. The molecule has 0 aliphatic carbocycles. The molecular formula is C27H24N2O3. The molecule has 0 amide bonds. The van der Waals surface area contributed by atoms with Crippen molar-refractivity contribution in [1.29, 1.82) is 0 Å². The van der Waals surface area contributed by atoms with Gasteiger partial charge in [-0.15, -0.1) is 6.42 Å². The number of aromatic nitrogens is 2. The maximum absolute atomic E-state index is 13.1. The zero-order valence-electron chi connectivity index (χ0n) is 18.1. The summed E-state index contributed by atoms with van der Waals surface area (Å²) in [5, 5.41) is 11.3. The lowest BCUT2D eigenvalue weighted by Gasteiger charge is -2.15. The lowest BCUT2D eigenvalue weighted by Crippen LogP contribution is -2.24. The minimum Gasteiger partial charge on any atom is -0.508 e. The lowest BCUT2D eigenvalue weighted by atomic mass is 9.98. The fourth-order valence-corrected chi connectivity index (χ4v) is 3.79. The molecule has 0 unspecified atom stereocenters. The average molecular weight is 425 g/mol. The third-order valence-electron chi connectivity index (χ3n) is 5.38. The van der Waals surface area contributed by atoms with Crippen molar-refractivity contribution in [2.24, 2.45) is 0 Å². The van der Waals surface area contributed by atoms with Gasteiger partial charge in [-0.1, -0.05) is 62.2 Å². The summed E-state index contributed by atoms with van der Waals surface area (Å²) in [6, 6.07) is 20.7. The first-order valence-corrected chi connectivity index (χ1v) is 10.5. The summed E-state index contributed by atoms with van der Waals surface area (Å²) < 4.78 is 7.26. The minimum absolute atomic E-state index is 0.141. The monoisotopic (exact) mass is 424 g/mol. The number of terminal acetylenes is 1. The molecule has 4 rings (SSSR count). The maximum atomic E-state index is 13.1. The van der Waals surface area contributed by atoms with Crippen LogP contribution in [0.25, 0.3) is 22.2 Å². The van der Waals surface area contributed by atoms with Crippen LogP contribution in [0.15, 0.2) is 71.5 Å². The summed E-state index contributed by atoms with van der Waals surface area (Å²) in [7, 11) is 0. The smallest absolute Gasteiger partial charge is 0.348 e. The number of hydrogen-bond acceptors (Lipinski definition) is 4. The predicted molar refractivity (Wildman–Crippen MR) is 127 cm³/mol. The Morgan fingerprint density at radius 3 is 2.56 bits per heavy atom. The minimum atomic E-state index is -0.360. The van der Waals surface area contributed by atoms with Crippen molar-refractivity contribution in [2.45, 2.75) is 26.3 Å². The van der Waals surface area contributed by atoms with E-state index < -0.39 is 0 Å². The van der Waals surface area contributed by atoms with Crippen LogP contribution in [0.1, 0.15) is 30.9 Å². The summed E-state index contributed by atoms with van der Waals surface area (Å²) >= 11 is 0. The van der Waals surface area contributed by atoms with E-state index in [1.165, 1.54) is 0 Å². The summed E-state index contributed by atoms with van der Waals surface area (Å²) in [4.78, 5) is 17.5. The van der Waals surface area contributed by atoms with Crippen LogP contribution < -0.4 is 10.4 Å². The Balaban J connectivity index is 1.92. The second-order valence-electron chi connectivity index (χ2n) is 7.91. The van der Waals surface area contributed by atoms with Gasteiger partial charge in [0.15, 0.2) is 0 Å². The quantitative estimate of drug-likeness (QED) is 0.445. The van der Waals surface area contributed by atoms with E-state index in [1.807, 2.05) is 68.4 Å². The van der Waals surface area contributed by atoms with Gasteiger partial charge in [0, 0.05) is 10.9 Å². The standard InChI is InChI=1S/C27H24N2O3/c1-4-14-32-21-11-13-24-23(16-21)26(20-10-12-22(18(2)3)25(30)15-20)28-27(31)29(24)17-19-8-6-5-7-9-19/h1,5-13,15-16,18,30H,14,17H2,2-3H3. The molecule has 0 bridgehead atoms. The number of phenolic OH excluding ortho intramolecular Hbond substituents is 1. The Morgan fingerprint density at radius 2 is 1.88 bits per heavy atom.